The van der Waals surface area contributed by atoms with Gasteiger partial charge in [-0.25, -0.2) is 0 Å². The van der Waals surface area contributed by atoms with Crippen molar-refractivity contribution in [1.82, 2.24) is 14.6 Å². The highest BCUT2D eigenvalue weighted by Gasteiger charge is 2.21. The molecular weight excluding hydrogens is 302 g/mol. The Balaban J connectivity index is 1.51. The van der Waals surface area contributed by atoms with Gasteiger partial charge in [-0.1, -0.05) is 12.1 Å². The van der Waals surface area contributed by atoms with Gasteiger partial charge < -0.3 is 15.0 Å². The summed E-state index contributed by atoms with van der Waals surface area (Å²) in [5, 5.41) is 11.7. The van der Waals surface area contributed by atoms with Crippen LogP contribution in [0.4, 0.5) is 11.5 Å². The molecule has 1 saturated heterocycles. The number of rotatable bonds is 4. The monoisotopic (exact) mass is 323 g/mol. The van der Waals surface area contributed by atoms with E-state index in [0.717, 1.165) is 43.1 Å². The first kappa shape index (κ1) is 14.8. The van der Waals surface area contributed by atoms with E-state index in [2.05, 4.69) is 38.6 Å². The lowest BCUT2D eigenvalue weighted by molar-refractivity contribution is 0.414. The second-order valence-electron chi connectivity index (χ2n) is 6.10. The predicted octanol–water partition coefficient (Wildman–Crippen LogP) is 2.82. The van der Waals surface area contributed by atoms with Gasteiger partial charge in [0.25, 0.3) is 0 Å². The molecule has 0 amide bonds. The molecule has 1 fully saturated rings. The fourth-order valence-electron chi connectivity index (χ4n) is 3.31. The summed E-state index contributed by atoms with van der Waals surface area (Å²) in [5.74, 6) is 1.94. The number of piperidine rings is 1. The number of anilines is 2. The Morgan fingerprint density at radius 3 is 3.04 bits per heavy atom. The maximum atomic E-state index is 5.35. The molecule has 1 aliphatic heterocycles. The largest absolute Gasteiger partial charge is 0.497 e. The molecule has 0 radical (unpaired) electrons. The van der Waals surface area contributed by atoms with Crippen LogP contribution in [0.25, 0.3) is 5.65 Å². The van der Waals surface area contributed by atoms with Crippen LogP contribution in [0.1, 0.15) is 12.8 Å². The van der Waals surface area contributed by atoms with Gasteiger partial charge in [0, 0.05) is 30.9 Å². The molecule has 0 saturated carbocycles. The second kappa shape index (κ2) is 6.39. The summed E-state index contributed by atoms with van der Waals surface area (Å²) in [4.78, 5) is 2.41. The van der Waals surface area contributed by atoms with E-state index >= 15 is 0 Å². The first-order chi connectivity index (χ1) is 11.8. The van der Waals surface area contributed by atoms with E-state index in [1.165, 1.54) is 5.69 Å². The van der Waals surface area contributed by atoms with E-state index in [-0.39, 0.29) is 0 Å². The van der Waals surface area contributed by atoms with Crippen LogP contribution in [0.2, 0.25) is 0 Å². The third-order valence-corrected chi connectivity index (χ3v) is 4.52. The number of nitrogens with zero attached hydrogens (tertiary/aromatic N) is 4. The highest BCUT2D eigenvalue weighted by atomic mass is 16.5. The number of pyridine rings is 1. The summed E-state index contributed by atoms with van der Waals surface area (Å²) < 4.78 is 7.34. The number of fused-ring (bicyclic) bond motifs is 1. The van der Waals surface area contributed by atoms with E-state index in [4.69, 9.17) is 4.74 Å². The van der Waals surface area contributed by atoms with E-state index in [0.29, 0.717) is 6.04 Å². The molecule has 1 atom stereocenters. The molecule has 1 aliphatic rings. The molecule has 0 aliphatic carbocycles. The van der Waals surface area contributed by atoms with Crippen LogP contribution in [-0.2, 0) is 0 Å². The fourth-order valence-corrected chi connectivity index (χ4v) is 3.31. The van der Waals surface area contributed by atoms with Crippen molar-refractivity contribution in [2.24, 2.45) is 0 Å². The number of benzene rings is 1. The molecule has 24 heavy (non-hydrogen) atoms. The Morgan fingerprint density at radius 1 is 1.21 bits per heavy atom. The molecule has 3 heterocycles. The predicted molar refractivity (Wildman–Crippen MR) is 94.8 cm³/mol. The molecule has 1 aromatic carbocycles. The summed E-state index contributed by atoms with van der Waals surface area (Å²) in [7, 11) is 1.71. The zero-order chi connectivity index (χ0) is 16.4. The van der Waals surface area contributed by atoms with Crippen LogP contribution in [0.15, 0.2) is 48.8 Å². The molecular formula is C18H21N5O. The van der Waals surface area contributed by atoms with Gasteiger partial charge in [-0.05, 0) is 37.1 Å². The van der Waals surface area contributed by atoms with Gasteiger partial charge in [-0.3, -0.25) is 4.40 Å². The van der Waals surface area contributed by atoms with Crippen molar-refractivity contribution in [3.63, 3.8) is 0 Å². The molecule has 124 valence electrons. The second-order valence-corrected chi connectivity index (χ2v) is 6.10. The van der Waals surface area contributed by atoms with Gasteiger partial charge in [0.15, 0.2) is 5.65 Å². The van der Waals surface area contributed by atoms with E-state index in [9.17, 15) is 0 Å². The number of hydrogen-bond acceptors (Lipinski definition) is 5. The van der Waals surface area contributed by atoms with Gasteiger partial charge in [0.1, 0.15) is 17.9 Å². The number of aromatic nitrogens is 3. The lowest BCUT2D eigenvalue weighted by atomic mass is 10.0. The number of ether oxygens (including phenoxy) is 1. The van der Waals surface area contributed by atoms with Gasteiger partial charge in [0.2, 0.25) is 0 Å². The Morgan fingerprint density at radius 2 is 2.12 bits per heavy atom. The topological polar surface area (TPSA) is 54.7 Å². The molecule has 1 N–H and O–H groups in total. The van der Waals surface area contributed by atoms with Crippen LogP contribution < -0.4 is 15.0 Å². The summed E-state index contributed by atoms with van der Waals surface area (Å²) in [6.45, 7) is 2.04. The van der Waals surface area contributed by atoms with Crippen molar-refractivity contribution < 1.29 is 4.74 Å². The van der Waals surface area contributed by atoms with Gasteiger partial charge in [0.05, 0.1) is 7.11 Å². The Bertz CT molecular complexity index is 831. The Labute approximate surface area is 141 Å². The maximum Gasteiger partial charge on any atom is 0.162 e. The van der Waals surface area contributed by atoms with Crippen LogP contribution in [0, 0.1) is 0 Å². The average Bonchev–Trinajstić information content (AvgIpc) is 3.12. The van der Waals surface area contributed by atoms with Crippen molar-refractivity contribution in [1.29, 1.82) is 0 Å². The van der Waals surface area contributed by atoms with E-state index < -0.39 is 0 Å². The number of nitrogens with one attached hydrogen (secondary N) is 1. The molecule has 4 rings (SSSR count). The first-order valence-corrected chi connectivity index (χ1v) is 8.28. The molecule has 1 unspecified atom stereocenters. The highest BCUT2D eigenvalue weighted by molar-refractivity contribution is 5.53. The first-order valence-electron chi connectivity index (χ1n) is 8.28. The molecule has 3 aromatic rings. The molecule has 0 spiro atoms. The van der Waals surface area contributed by atoms with Crippen LogP contribution in [0.3, 0.4) is 0 Å². The summed E-state index contributed by atoms with van der Waals surface area (Å²) in [5.41, 5.74) is 2.07. The SMILES string of the molecule is COc1cccc(N2CCCC(Nc3cccc4nncn34)C2)c1. The quantitative estimate of drug-likeness (QED) is 0.800. The van der Waals surface area contributed by atoms with Crippen LogP contribution in [0.5, 0.6) is 5.75 Å². The smallest absolute Gasteiger partial charge is 0.162 e. The lowest BCUT2D eigenvalue weighted by Crippen LogP contribution is -2.42. The minimum absolute atomic E-state index is 0.387. The van der Waals surface area contributed by atoms with Crippen LogP contribution in [-0.4, -0.2) is 40.8 Å². The van der Waals surface area contributed by atoms with Gasteiger partial charge in [-0.2, -0.15) is 0 Å². The fraction of sp³-hybridized carbons (Fsp3) is 0.333. The zero-order valence-corrected chi connectivity index (χ0v) is 13.7. The molecule has 6 heteroatoms. The normalized spacial score (nSPS) is 17.9. The maximum absolute atomic E-state index is 5.35. The van der Waals surface area contributed by atoms with Gasteiger partial charge in [-0.15, -0.1) is 10.2 Å². The van der Waals surface area contributed by atoms with Crippen molar-refractivity contribution in [3.8, 4) is 5.75 Å². The van der Waals surface area contributed by atoms with E-state index in [1.54, 1.807) is 13.4 Å². The number of methoxy groups -OCH3 is 1. The molecule has 0 bridgehead atoms. The summed E-state index contributed by atoms with van der Waals surface area (Å²) in [6.07, 6.45) is 4.06. The van der Waals surface area contributed by atoms with Gasteiger partial charge >= 0.3 is 0 Å². The van der Waals surface area contributed by atoms with E-state index in [1.807, 2.05) is 28.7 Å². The average molecular weight is 323 g/mol. The van der Waals surface area contributed by atoms with Crippen molar-refractivity contribution in [2.75, 3.05) is 30.4 Å². The third kappa shape index (κ3) is 2.87. The highest BCUT2D eigenvalue weighted by Crippen LogP contribution is 2.25. The van der Waals surface area contributed by atoms with Crippen LogP contribution >= 0.6 is 0 Å². The van der Waals surface area contributed by atoms with Crippen molar-refractivity contribution in [3.05, 3.63) is 48.8 Å². The Kier molecular flexibility index (Phi) is 3.94. The Hall–Kier alpha value is -2.76. The molecule has 2 aromatic heterocycles. The molecule has 6 nitrogen and oxygen atoms in total. The van der Waals surface area contributed by atoms with Crippen molar-refractivity contribution >= 4 is 17.2 Å². The van der Waals surface area contributed by atoms with Crippen molar-refractivity contribution in [2.45, 2.75) is 18.9 Å². The number of hydrogen-bond donors (Lipinski definition) is 1. The lowest BCUT2D eigenvalue weighted by Gasteiger charge is -2.35. The zero-order valence-electron chi connectivity index (χ0n) is 13.7. The summed E-state index contributed by atoms with van der Waals surface area (Å²) in [6, 6.07) is 14.7. The third-order valence-electron chi connectivity index (χ3n) is 4.52. The summed E-state index contributed by atoms with van der Waals surface area (Å²) >= 11 is 0. The minimum atomic E-state index is 0.387. The minimum Gasteiger partial charge on any atom is -0.497 e. The standard InChI is InChI=1S/C18H21N5O/c1-24-16-7-2-6-15(11-16)22-10-4-5-14(12-22)20-17-8-3-9-18-21-19-13-23(17)18/h2-3,6-9,11,13-14,20H,4-5,10,12H2,1H3.